The van der Waals surface area contributed by atoms with Crippen molar-refractivity contribution in [2.75, 3.05) is 27.3 Å². The number of alkyl halides is 3. The summed E-state index contributed by atoms with van der Waals surface area (Å²) >= 11 is 3.27. The van der Waals surface area contributed by atoms with Gasteiger partial charge in [0, 0.05) is 17.6 Å². The molecular weight excluding hydrogens is 379 g/mol. The van der Waals surface area contributed by atoms with E-state index in [1.807, 2.05) is 0 Å². The van der Waals surface area contributed by atoms with Crippen molar-refractivity contribution in [1.82, 2.24) is 4.90 Å². The highest BCUT2D eigenvalue weighted by atomic mass is 79.9. The molecule has 2 rings (SSSR count). The highest BCUT2D eigenvalue weighted by molar-refractivity contribution is 9.10. The third-order valence-electron chi connectivity index (χ3n) is 3.88. The fourth-order valence-electron chi connectivity index (χ4n) is 2.62. The van der Waals surface area contributed by atoms with Crippen LogP contribution in [-0.4, -0.2) is 44.3 Å². The Kier molecular flexibility index (Phi) is 5.44. The van der Waals surface area contributed by atoms with Crippen molar-refractivity contribution < 1.29 is 27.4 Å². The van der Waals surface area contributed by atoms with Crippen LogP contribution in [0.15, 0.2) is 16.6 Å². The summed E-state index contributed by atoms with van der Waals surface area (Å²) in [4.78, 5) is 13.8. The van der Waals surface area contributed by atoms with E-state index in [4.69, 9.17) is 9.47 Å². The maximum Gasteiger partial charge on any atom is 0.393 e. The van der Waals surface area contributed by atoms with Gasteiger partial charge in [-0.3, -0.25) is 4.79 Å². The molecule has 0 radical (unpaired) electrons. The van der Waals surface area contributed by atoms with Crippen LogP contribution in [0.4, 0.5) is 13.2 Å². The first-order valence-corrected chi connectivity index (χ1v) is 7.84. The summed E-state index contributed by atoms with van der Waals surface area (Å²) in [5.41, 5.74) is 0.255. The Morgan fingerprint density at radius 2 is 1.87 bits per heavy atom. The van der Waals surface area contributed by atoms with Gasteiger partial charge in [-0.25, -0.2) is 0 Å². The molecule has 1 heterocycles. The molecule has 0 bridgehead atoms. The van der Waals surface area contributed by atoms with Crippen LogP contribution in [0.5, 0.6) is 11.5 Å². The van der Waals surface area contributed by atoms with Crippen molar-refractivity contribution in [3.8, 4) is 11.5 Å². The highest BCUT2D eigenvalue weighted by Crippen LogP contribution is 2.36. The number of halogens is 4. The van der Waals surface area contributed by atoms with Crippen LogP contribution in [0.25, 0.3) is 0 Å². The molecule has 0 aromatic heterocycles. The monoisotopic (exact) mass is 395 g/mol. The predicted octanol–water partition coefficient (Wildman–Crippen LogP) is 3.88. The zero-order chi connectivity index (χ0) is 17.2. The van der Waals surface area contributed by atoms with Crippen LogP contribution < -0.4 is 9.47 Å². The Labute approximate surface area is 140 Å². The minimum Gasteiger partial charge on any atom is -0.493 e. The van der Waals surface area contributed by atoms with Crippen LogP contribution in [-0.2, 0) is 0 Å². The van der Waals surface area contributed by atoms with Gasteiger partial charge >= 0.3 is 6.18 Å². The molecule has 8 heteroatoms. The van der Waals surface area contributed by atoms with E-state index in [0.717, 1.165) is 0 Å². The standard InChI is InChI=1S/C15H17BrF3NO3/c1-22-12-6-10(11(16)7-13(12)23-2)14(21)20-5-3-4-9(8-20)15(17,18)19/h6-7,9H,3-5,8H2,1-2H3. The Morgan fingerprint density at radius 1 is 1.26 bits per heavy atom. The van der Waals surface area contributed by atoms with E-state index < -0.39 is 18.0 Å². The summed E-state index contributed by atoms with van der Waals surface area (Å²) in [6.45, 7) is -0.00465. The van der Waals surface area contributed by atoms with Crippen molar-refractivity contribution in [3.63, 3.8) is 0 Å². The van der Waals surface area contributed by atoms with Crippen molar-refractivity contribution in [3.05, 3.63) is 22.2 Å². The first-order valence-electron chi connectivity index (χ1n) is 7.05. The second kappa shape index (κ2) is 6.98. The first kappa shape index (κ1) is 17.9. The number of methoxy groups -OCH3 is 2. The number of likely N-dealkylation sites (tertiary alicyclic amines) is 1. The SMILES string of the molecule is COc1cc(Br)c(C(=O)N2CCCC(C(F)(F)F)C2)cc1OC. The first-order chi connectivity index (χ1) is 10.8. The summed E-state index contributed by atoms with van der Waals surface area (Å²) in [7, 11) is 2.89. The summed E-state index contributed by atoms with van der Waals surface area (Å²) in [6.07, 6.45) is -3.89. The number of carbonyl (C=O) groups excluding carboxylic acids is 1. The molecule has 1 amide bonds. The molecule has 23 heavy (non-hydrogen) atoms. The second-order valence-corrected chi connectivity index (χ2v) is 6.17. The van der Waals surface area contributed by atoms with Gasteiger partial charge in [-0.2, -0.15) is 13.2 Å². The van der Waals surface area contributed by atoms with E-state index in [1.165, 1.54) is 25.2 Å². The number of nitrogens with zero attached hydrogens (tertiary/aromatic N) is 1. The summed E-state index contributed by atoms with van der Waals surface area (Å²) in [5, 5.41) is 0. The van der Waals surface area contributed by atoms with Crippen LogP contribution >= 0.6 is 15.9 Å². The molecule has 1 aliphatic rings. The summed E-state index contributed by atoms with van der Waals surface area (Å²) in [5.74, 6) is -1.14. The molecule has 0 saturated carbocycles. The van der Waals surface area contributed by atoms with E-state index in [1.54, 1.807) is 6.07 Å². The number of benzene rings is 1. The second-order valence-electron chi connectivity index (χ2n) is 5.32. The normalized spacial score (nSPS) is 18.7. The van der Waals surface area contributed by atoms with Crippen molar-refractivity contribution in [2.24, 2.45) is 5.92 Å². The number of amides is 1. The molecule has 0 aliphatic carbocycles. The third kappa shape index (κ3) is 3.91. The average Bonchev–Trinajstić information content (AvgIpc) is 2.53. The van der Waals surface area contributed by atoms with Crippen molar-refractivity contribution >= 4 is 21.8 Å². The fourth-order valence-corrected chi connectivity index (χ4v) is 3.11. The minimum absolute atomic E-state index is 0.0559. The lowest BCUT2D eigenvalue weighted by molar-refractivity contribution is -0.184. The van der Waals surface area contributed by atoms with E-state index in [2.05, 4.69) is 15.9 Å². The lowest BCUT2D eigenvalue weighted by Gasteiger charge is -2.34. The molecule has 4 nitrogen and oxygen atoms in total. The van der Waals surface area contributed by atoms with Gasteiger partial charge < -0.3 is 14.4 Å². The van der Waals surface area contributed by atoms with Crippen LogP contribution in [0, 0.1) is 5.92 Å². The molecule has 1 unspecified atom stereocenters. The number of carbonyl (C=O) groups is 1. The van der Waals surface area contributed by atoms with E-state index in [-0.39, 0.29) is 18.5 Å². The third-order valence-corrected chi connectivity index (χ3v) is 4.53. The topological polar surface area (TPSA) is 38.8 Å². The maximum atomic E-state index is 12.9. The molecule has 1 saturated heterocycles. The van der Waals surface area contributed by atoms with Gasteiger partial charge in [0.15, 0.2) is 11.5 Å². The van der Waals surface area contributed by atoms with Gasteiger partial charge in [0.05, 0.1) is 25.7 Å². The Bertz CT molecular complexity index is 592. The van der Waals surface area contributed by atoms with E-state index in [0.29, 0.717) is 28.9 Å². The lowest BCUT2D eigenvalue weighted by atomic mass is 9.97. The van der Waals surface area contributed by atoms with Crippen LogP contribution in [0.3, 0.4) is 0 Å². The van der Waals surface area contributed by atoms with Gasteiger partial charge in [-0.15, -0.1) is 0 Å². The number of hydrogen-bond acceptors (Lipinski definition) is 3. The molecule has 1 aromatic carbocycles. The molecule has 1 fully saturated rings. The highest BCUT2D eigenvalue weighted by Gasteiger charge is 2.43. The van der Waals surface area contributed by atoms with Crippen LogP contribution in [0.2, 0.25) is 0 Å². The average molecular weight is 396 g/mol. The van der Waals surface area contributed by atoms with E-state index >= 15 is 0 Å². The predicted molar refractivity (Wildman–Crippen MR) is 81.9 cm³/mol. The van der Waals surface area contributed by atoms with Gasteiger partial charge in [0.2, 0.25) is 0 Å². The smallest absolute Gasteiger partial charge is 0.393 e. The number of ether oxygens (including phenoxy) is 2. The number of rotatable bonds is 3. The van der Waals surface area contributed by atoms with Crippen molar-refractivity contribution in [2.45, 2.75) is 19.0 Å². The quantitative estimate of drug-likeness (QED) is 0.779. The fraction of sp³-hybridized carbons (Fsp3) is 0.533. The number of hydrogen-bond donors (Lipinski definition) is 0. The summed E-state index contributed by atoms with van der Waals surface area (Å²) < 4.78 is 49.4. The number of piperidine rings is 1. The molecule has 1 atom stereocenters. The molecule has 0 N–H and O–H groups in total. The lowest BCUT2D eigenvalue weighted by Crippen LogP contribution is -2.44. The zero-order valence-electron chi connectivity index (χ0n) is 12.7. The summed E-state index contributed by atoms with van der Waals surface area (Å²) in [6, 6.07) is 3.04. The molecule has 0 spiro atoms. The Balaban J connectivity index is 2.26. The Hall–Kier alpha value is -1.44. The van der Waals surface area contributed by atoms with Gasteiger partial charge in [-0.05, 0) is 40.9 Å². The largest absolute Gasteiger partial charge is 0.493 e. The van der Waals surface area contributed by atoms with Crippen LogP contribution in [0.1, 0.15) is 23.2 Å². The Morgan fingerprint density at radius 3 is 2.43 bits per heavy atom. The van der Waals surface area contributed by atoms with E-state index in [9.17, 15) is 18.0 Å². The van der Waals surface area contributed by atoms with Gasteiger partial charge in [-0.1, -0.05) is 0 Å². The molecule has 1 aromatic rings. The molecular formula is C15H17BrF3NO3. The van der Waals surface area contributed by atoms with Gasteiger partial charge in [0.1, 0.15) is 0 Å². The van der Waals surface area contributed by atoms with Gasteiger partial charge in [0.25, 0.3) is 5.91 Å². The molecule has 128 valence electrons. The zero-order valence-corrected chi connectivity index (χ0v) is 14.3. The maximum absolute atomic E-state index is 12.9. The van der Waals surface area contributed by atoms with Crippen molar-refractivity contribution in [1.29, 1.82) is 0 Å². The minimum atomic E-state index is -4.28. The molecule has 1 aliphatic heterocycles.